The number of nitrogens with one attached hydrogen (secondary N) is 3. The van der Waals surface area contributed by atoms with Crippen LogP contribution < -0.4 is 16.0 Å². The first-order valence-electron chi connectivity index (χ1n) is 14.3. The molecule has 4 N–H and O–H groups in total. The van der Waals surface area contributed by atoms with Crippen LogP contribution in [0.4, 0.5) is 0 Å². The van der Waals surface area contributed by atoms with Crippen LogP contribution in [0.1, 0.15) is 57.1 Å². The zero-order valence-corrected chi connectivity index (χ0v) is 23.8. The van der Waals surface area contributed by atoms with Crippen molar-refractivity contribution < 1.29 is 29.0 Å². The second-order valence-electron chi connectivity index (χ2n) is 10.3. The molecule has 5 atom stereocenters. The fraction of sp³-hybridized carbons (Fsp3) is 0.438. The third-order valence-electron chi connectivity index (χ3n) is 6.92. The number of hydrogen-bond donors (Lipinski definition) is 4. The molecule has 41 heavy (non-hydrogen) atoms. The maximum absolute atomic E-state index is 13.4. The molecule has 1 saturated heterocycles. The minimum Gasteiger partial charge on any atom is -0.457 e. The summed E-state index contributed by atoms with van der Waals surface area (Å²) in [5, 5.41) is 19.4. The zero-order chi connectivity index (χ0) is 29.6. The van der Waals surface area contributed by atoms with E-state index in [1.54, 1.807) is 13.0 Å². The van der Waals surface area contributed by atoms with E-state index in [2.05, 4.69) is 16.0 Å². The summed E-state index contributed by atoms with van der Waals surface area (Å²) in [5.74, 6) is -2.17. The number of hydrogen-bond acceptors (Lipinski definition) is 6. The van der Waals surface area contributed by atoms with Crippen LogP contribution in [-0.2, 0) is 36.8 Å². The quantitative estimate of drug-likeness (QED) is 0.288. The molecule has 2 aromatic rings. The van der Waals surface area contributed by atoms with Gasteiger partial charge >= 0.3 is 5.97 Å². The van der Waals surface area contributed by atoms with Crippen molar-refractivity contribution in [3.63, 3.8) is 0 Å². The van der Waals surface area contributed by atoms with Crippen molar-refractivity contribution in [1.82, 2.24) is 16.0 Å². The molecule has 1 fully saturated rings. The maximum atomic E-state index is 13.4. The number of carbonyl (C=O) groups is 4. The Morgan fingerprint density at radius 2 is 1.41 bits per heavy atom. The fourth-order valence-corrected chi connectivity index (χ4v) is 4.65. The van der Waals surface area contributed by atoms with Gasteiger partial charge in [0.05, 0.1) is 25.0 Å². The second kappa shape index (κ2) is 16.3. The summed E-state index contributed by atoms with van der Waals surface area (Å²) in [7, 11) is 0. The van der Waals surface area contributed by atoms with Gasteiger partial charge in [-0.2, -0.15) is 0 Å². The molecule has 1 aliphatic heterocycles. The zero-order valence-electron chi connectivity index (χ0n) is 23.8. The highest BCUT2D eigenvalue weighted by Gasteiger charge is 2.32. The van der Waals surface area contributed by atoms with Gasteiger partial charge in [0, 0.05) is 6.42 Å². The molecule has 2 aromatic carbocycles. The second-order valence-corrected chi connectivity index (χ2v) is 10.3. The van der Waals surface area contributed by atoms with Crippen LogP contribution in [0.5, 0.6) is 0 Å². The average Bonchev–Trinajstić information content (AvgIpc) is 2.95. The SMILES string of the molecule is CCC/C=C/[C@@H]1CC(=O)N[C@H](Cc2ccccc2)C(=O)N[C@H](CC)C(=O)N[C@H](Cc2ccccc2)[C@@H](O)CC(=O)O1. The number of unbranched alkanes of at least 4 members (excludes halogenated alkanes) is 1. The molecule has 9 nitrogen and oxygen atoms in total. The largest absolute Gasteiger partial charge is 0.457 e. The van der Waals surface area contributed by atoms with E-state index in [1.807, 2.05) is 73.7 Å². The summed E-state index contributed by atoms with van der Waals surface area (Å²) in [6.45, 7) is 3.77. The lowest BCUT2D eigenvalue weighted by Crippen LogP contribution is -2.56. The number of allylic oxidation sites excluding steroid dienone is 1. The highest BCUT2D eigenvalue weighted by Crippen LogP contribution is 2.14. The van der Waals surface area contributed by atoms with Crippen molar-refractivity contribution in [3.8, 4) is 0 Å². The molecule has 1 heterocycles. The number of benzene rings is 2. The molecule has 3 amide bonds. The van der Waals surface area contributed by atoms with Gasteiger partial charge in [-0.3, -0.25) is 19.2 Å². The number of amides is 3. The predicted octanol–water partition coefficient (Wildman–Crippen LogP) is 2.76. The molecular formula is C32H41N3O6. The summed E-state index contributed by atoms with van der Waals surface area (Å²) in [6.07, 6.45) is 3.17. The van der Waals surface area contributed by atoms with E-state index in [0.29, 0.717) is 0 Å². The van der Waals surface area contributed by atoms with Gasteiger partial charge in [0.15, 0.2) is 0 Å². The maximum Gasteiger partial charge on any atom is 0.309 e. The number of aliphatic hydroxyl groups is 1. The molecule has 0 saturated carbocycles. The lowest BCUT2D eigenvalue weighted by atomic mass is 9.98. The summed E-state index contributed by atoms with van der Waals surface area (Å²) >= 11 is 0. The van der Waals surface area contributed by atoms with Crippen molar-refractivity contribution in [2.24, 2.45) is 0 Å². The number of cyclic esters (lactones) is 1. The Morgan fingerprint density at radius 1 is 0.805 bits per heavy atom. The van der Waals surface area contributed by atoms with E-state index in [4.69, 9.17) is 4.74 Å². The van der Waals surface area contributed by atoms with Crippen LogP contribution in [0.15, 0.2) is 72.8 Å². The monoisotopic (exact) mass is 563 g/mol. The first kappa shape index (κ1) is 31.5. The van der Waals surface area contributed by atoms with Gasteiger partial charge in [-0.15, -0.1) is 0 Å². The first-order chi connectivity index (χ1) is 19.8. The van der Waals surface area contributed by atoms with Gasteiger partial charge in [0.1, 0.15) is 18.2 Å². The van der Waals surface area contributed by atoms with Crippen LogP contribution in [-0.4, -0.2) is 59.1 Å². The highest BCUT2D eigenvalue weighted by atomic mass is 16.5. The molecule has 0 unspecified atom stereocenters. The number of aliphatic hydroxyl groups excluding tert-OH is 1. The first-order valence-corrected chi connectivity index (χ1v) is 14.3. The van der Waals surface area contributed by atoms with Gasteiger partial charge in [-0.25, -0.2) is 0 Å². The molecule has 1 aliphatic rings. The molecule has 3 rings (SSSR count). The molecule has 0 aromatic heterocycles. The molecule has 0 bridgehead atoms. The van der Waals surface area contributed by atoms with Gasteiger partial charge in [-0.1, -0.05) is 87.0 Å². The van der Waals surface area contributed by atoms with E-state index in [1.165, 1.54) is 0 Å². The van der Waals surface area contributed by atoms with Gasteiger partial charge < -0.3 is 25.8 Å². The topological polar surface area (TPSA) is 134 Å². The highest BCUT2D eigenvalue weighted by molar-refractivity contribution is 5.92. The van der Waals surface area contributed by atoms with Gasteiger partial charge in [0.2, 0.25) is 17.7 Å². The van der Waals surface area contributed by atoms with Crippen LogP contribution in [0.3, 0.4) is 0 Å². The molecule has 9 heteroatoms. The van der Waals surface area contributed by atoms with Crippen LogP contribution >= 0.6 is 0 Å². The number of esters is 1. The Labute approximate surface area is 241 Å². The van der Waals surface area contributed by atoms with E-state index in [-0.39, 0.29) is 32.1 Å². The summed E-state index contributed by atoms with van der Waals surface area (Å²) in [5.41, 5.74) is 1.69. The molecule has 0 radical (unpaired) electrons. The lowest BCUT2D eigenvalue weighted by Gasteiger charge is -2.27. The summed E-state index contributed by atoms with van der Waals surface area (Å²) < 4.78 is 5.60. The van der Waals surface area contributed by atoms with Crippen molar-refractivity contribution in [3.05, 3.63) is 83.9 Å². The fourth-order valence-electron chi connectivity index (χ4n) is 4.65. The molecule has 0 spiro atoms. The lowest BCUT2D eigenvalue weighted by molar-refractivity contribution is -0.151. The Kier molecular flexibility index (Phi) is 12.6. The minimum atomic E-state index is -1.26. The molecule has 0 aliphatic carbocycles. The number of ether oxygens (including phenoxy) is 1. The van der Waals surface area contributed by atoms with Crippen molar-refractivity contribution in [2.75, 3.05) is 0 Å². The Bertz CT molecular complexity index is 1170. The summed E-state index contributed by atoms with van der Waals surface area (Å²) in [6, 6.07) is 15.9. The van der Waals surface area contributed by atoms with E-state index in [0.717, 1.165) is 24.0 Å². The van der Waals surface area contributed by atoms with Gasteiger partial charge in [-0.05, 0) is 36.5 Å². The van der Waals surface area contributed by atoms with Crippen molar-refractivity contribution in [2.45, 2.75) is 89.1 Å². The molecule has 220 valence electrons. The minimum absolute atomic E-state index is 0.192. The predicted molar refractivity (Wildman–Crippen MR) is 156 cm³/mol. The van der Waals surface area contributed by atoms with Gasteiger partial charge in [0.25, 0.3) is 0 Å². The van der Waals surface area contributed by atoms with Crippen LogP contribution in [0, 0.1) is 0 Å². The summed E-state index contributed by atoms with van der Waals surface area (Å²) in [4.78, 5) is 52.8. The Morgan fingerprint density at radius 3 is 2.02 bits per heavy atom. The number of carbonyl (C=O) groups excluding carboxylic acids is 4. The normalized spacial score (nSPS) is 24.9. The third kappa shape index (κ3) is 10.5. The van der Waals surface area contributed by atoms with E-state index in [9.17, 15) is 24.3 Å². The molecular weight excluding hydrogens is 522 g/mol. The standard InChI is InChI=1S/C32H41N3O6/c1-3-5-8-17-24-20-29(37)33-27(19-23-15-11-7-12-16-23)32(40)34-25(4-2)31(39)35-26(28(36)21-30(38)41-24)18-22-13-9-6-10-14-22/h6-17,24-28,36H,3-5,18-21H2,1-2H3,(H,33,37)(H,34,40)(H,35,39)/b17-8+/t24-,25-,26-,27-,28+/m1/s1. The third-order valence-corrected chi connectivity index (χ3v) is 6.92. The van der Waals surface area contributed by atoms with E-state index >= 15 is 0 Å². The van der Waals surface area contributed by atoms with Crippen molar-refractivity contribution in [1.29, 1.82) is 0 Å². The van der Waals surface area contributed by atoms with Crippen LogP contribution in [0.2, 0.25) is 0 Å². The van der Waals surface area contributed by atoms with E-state index < -0.39 is 54.0 Å². The number of rotatable bonds is 8. The Balaban J connectivity index is 1.92. The van der Waals surface area contributed by atoms with Crippen molar-refractivity contribution >= 4 is 23.7 Å². The Hall–Kier alpha value is -3.98. The smallest absolute Gasteiger partial charge is 0.309 e. The van der Waals surface area contributed by atoms with Crippen LogP contribution in [0.25, 0.3) is 0 Å². The average molecular weight is 564 g/mol.